The van der Waals surface area contributed by atoms with Crippen molar-refractivity contribution in [3.8, 4) is 5.75 Å². The van der Waals surface area contributed by atoms with E-state index in [1.807, 2.05) is 0 Å². The van der Waals surface area contributed by atoms with Crippen molar-refractivity contribution in [3.63, 3.8) is 0 Å². The summed E-state index contributed by atoms with van der Waals surface area (Å²) in [7, 11) is 0. The number of benzene rings is 2. The number of rotatable bonds is 5. The Hall–Kier alpha value is -3.00. The first kappa shape index (κ1) is 23.2. The molecule has 1 aliphatic rings. The van der Waals surface area contributed by atoms with Crippen LogP contribution in [0.2, 0.25) is 0 Å². The predicted octanol–water partition coefficient (Wildman–Crippen LogP) is 5.98. The molecule has 3 aromatic rings. The van der Waals surface area contributed by atoms with Gasteiger partial charge in [-0.05, 0) is 43.0 Å². The summed E-state index contributed by atoms with van der Waals surface area (Å²) in [6.07, 6.45) is -3.19. The molecule has 0 spiro atoms. The maximum absolute atomic E-state index is 14.2. The van der Waals surface area contributed by atoms with Gasteiger partial charge in [-0.25, -0.2) is 4.39 Å². The lowest BCUT2D eigenvalue weighted by Crippen LogP contribution is -2.50. The van der Waals surface area contributed by atoms with Crippen LogP contribution < -0.4 is 4.74 Å². The molecule has 1 aliphatic heterocycles. The highest BCUT2D eigenvalue weighted by molar-refractivity contribution is 5.95. The summed E-state index contributed by atoms with van der Waals surface area (Å²) in [4.78, 5) is 8.24. The lowest BCUT2D eigenvalue weighted by Gasteiger charge is -2.36. The van der Waals surface area contributed by atoms with E-state index in [9.17, 15) is 22.7 Å². The lowest BCUT2D eigenvalue weighted by molar-refractivity contribution is -0.234. The van der Waals surface area contributed by atoms with Crippen molar-refractivity contribution in [3.05, 3.63) is 65.2 Å². The molecule has 0 bridgehead atoms. The van der Waals surface area contributed by atoms with Gasteiger partial charge in [0.05, 0.1) is 12.3 Å². The number of hydrogen-bond acceptors (Lipinski definition) is 4. The van der Waals surface area contributed by atoms with Gasteiger partial charge in [-0.1, -0.05) is 26.0 Å². The van der Waals surface area contributed by atoms with Crippen molar-refractivity contribution in [2.45, 2.75) is 50.8 Å². The largest absolute Gasteiger partial charge is 0.493 e. The van der Waals surface area contributed by atoms with Gasteiger partial charge in [-0.3, -0.25) is 9.98 Å². The minimum absolute atomic E-state index is 0.286. The third kappa shape index (κ3) is 4.31. The fourth-order valence-electron chi connectivity index (χ4n) is 4.39. The minimum atomic E-state index is -5.01. The molecule has 4 nitrogen and oxygen atoms in total. The van der Waals surface area contributed by atoms with Crippen molar-refractivity contribution in [1.82, 2.24) is 4.98 Å². The fourth-order valence-corrected chi connectivity index (χ4v) is 4.39. The molecule has 4 rings (SSSR count). The number of nitrogens with zero attached hydrogens (tertiary/aromatic N) is 2. The Morgan fingerprint density at radius 3 is 2.64 bits per heavy atom. The Bertz CT molecular complexity index is 1240. The SMILES string of the molecule is Cc1nccc2c(N=CC(O)(CC(C)(C)c3cc(F)cc4c3OCC4)C(F)(F)F)cccc12. The van der Waals surface area contributed by atoms with Crippen LogP contribution in [0.15, 0.2) is 47.6 Å². The van der Waals surface area contributed by atoms with E-state index in [0.717, 1.165) is 11.1 Å². The minimum Gasteiger partial charge on any atom is -0.493 e. The average molecular weight is 460 g/mol. The van der Waals surface area contributed by atoms with Crippen LogP contribution >= 0.6 is 0 Å². The van der Waals surface area contributed by atoms with Gasteiger partial charge in [0.15, 0.2) is 5.60 Å². The van der Waals surface area contributed by atoms with Crippen LogP contribution in [-0.2, 0) is 11.8 Å². The summed E-state index contributed by atoms with van der Waals surface area (Å²) in [5, 5.41) is 12.2. The van der Waals surface area contributed by atoms with Gasteiger partial charge in [0, 0.05) is 46.4 Å². The molecule has 1 unspecified atom stereocenters. The first-order chi connectivity index (χ1) is 15.4. The van der Waals surface area contributed by atoms with Crippen LogP contribution in [0.25, 0.3) is 10.8 Å². The zero-order chi connectivity index (χ0) is 24.0. The Morgan fingerprint density at radius 2 is 1.91 bits per heavy atom. The van der Waals surface area contributed by atoms with Crippen molar-refractivity contribution in [2.24, 2.45) is 4.99 Å². The van der Waals surface area contributed by atoms with E-state index in [1.165, 1.54) is 26.0 Å². The van der Waals surface area contributed by atoms with Crippen LogP contribution in [0.1, 0.15) is 37.1 Å². The number of alkyl halides is 3. The Balaban J connectivity index is 1.75. The first-order valence-electron chi connectivity index (χ1n) is 10.6. The van der Waals surface area contributed by atoms with E-state index in [4.69, 9.17) is 4.74 Å². The molecule has 8 heteroatoms. The number of pyridine rings is 1. The highest BCUT2D eigenvalue weighted by Crippen LogP contribution is 2.45. The third-order valence-corrected chi connectivity index (χ3v) is 6.08. The number of hydrogen-bond donors (Lipinski definition) is 1. The molecule has 174 valence electrons. The highest BCUT2D eigenvalue weighted by atomic mass is 19.4. The van der Waals surface area contributed by atoms with E-state index in [0.29, 0.717) is 35.9 Å². The molecule has 1 atom stereocenters. The molecule has 0 radical (unpaired) electrons. The topological polar surface area (TPSA) is 54.7 Å². The van der Waals surface area contributed by atoms with E-state index < -0.39 is 29.4 Å². The molecule has 33 heavy (non-hydrogen) atoms. The standard InChI is InChI=1S/C25H24F4N2O2/c1-15-18-5-4-6-21(19(18)7-9-30-15)31-14-24(32,25(27,28)29)13-23(2,3)20-12-17(26)11-16-8-10-33-22(16)20/h4-7,9,11-12,14,32H,8,10,13H2,1-3H3. The van der Waals surface area contributed by atoms with Crippen LogP contribution in [0.5, 0.6) is 5.75 Å². The number of aryl methyl sites for hydroxylation is 1. The zero-order valence-corrected chi connectivity index (χ0v) is 18.5. The van der Waals surface area contributed by atoms with Gasteiger partial charge in [-0.2, -0.15) is 13.2 Å². The Kier molecular flexibility index (Phi) is 5.68. The summed E-state index contributed by atoms with van der Waals surface area (Å²) >= 11 is 0. The number of ether oxygens (including phenoxy) is 1. The average Bonchev–Trinajstić information content (AvgIpc) is 3.19. The predicted molar refractivity (Wildman–Crippen MR) is 119 cm³/mol. The second kappa shape index (κ2) is 8.09. The van der Waals surface area contributed by atoms with E-state index in [2.05, 4.69) is 9.98 Å². The molecule has 0 saturated heterocycles. The Labute approximate surface area is 188 Å². The van der Waals surface area contributed by atoms with Gasteiger partial charge in [0.2, 0.25) is 0 Å². The molecule has 0 saturated carbocycles. The van der Waals surface area contributed by atoms with E-state index in [-0.39, 0.29) is 11.3 Å². The molecule has 2 heterocycles. The van der Waals surface area contributed by atoms with Crippen molar-refractivity contribution >= 4 is 22.7 Å². The van der Waals surface area contributed by atoms with E-state index >= 15 is 0 Å². The number of aliphatic hydroxyl groups is 1. The summed E-state index contributed by atoms with van der Waals surface area (Å²) in [5.74, 6) is -0.161. The highest BCUT2D eigenvalue weighted by Gasteiger charge is 2.55. The lowest BCUT2D eigenvalue weighted by atomic mass is 9.74. The van der Waals surface area contributed by atoms with Gasteiger partial charge >= 0.3 is 6.18 Å². The van der Waals surface area contributed by atoms with Crippen LogP contribution in [0, 0.1) is 12.7 Å². The van der Waals surface area contributed by atoms with E-state index in [1.54, 1.807) is 37.4 Å². The fraction of sp³-hybridized carbons (Fsp3) is 0.360. The molecular formula is C25H24F4N2O2. The van der Waals surface area contributed by atoms with Crippen LogP contribution in [-0.4, -0.2) is 34.7 Å². The zero-order valence-electron chi connectivity index (χ0n) is 18.5. The maximum Gasteiger partial charge on any atom is 0.422 e. The molecule has 0 amide bonds. The molecule has 2 aromatic carbocycles. The smallest absolute Gasteiger partial charge is 0.422 e. The third-order valence-electron chi connectivity index (χ3n) is 6.08. The second-order valence-electron chi connectivity index (χ2n) is 9.05. The first-order valence-corrected chi connectivity index (χ1v) is 10.6. The maximum atomic E-state index is 14.2. The molecule has 1 aromatic heterocycles. The number of aromatic nitrogens is 1. The molecular weight excluding hydrogens is 436 g/mol. The summed E-state index contributed by atoms with van der Waals surface area (Å²) < 4.78 is 62.2. The number of aliphatic imine (C=N–C) groups is 1. The summed E-state index contributed by atoms with van der Waals surface area (Å²) in [6.45, 7) is 5.19. The normalized spacial score (nSPS) is 16.1. The Morgan fingerprint density at radius 1 is 1.15 bits per heavy atom. The van der Waals surface area contributed by atoms with Crippen molar-refractivity contribution in [2.75, 3.05) is 6.61 Å². The molecule has 1 N–H and O–H groups in total. The molecule has 0 fully saturated rings. The summed E-state index contributed by atoms with van der Waals surface area (Å²) in [5.41, 5.74) is -2.62. The van der Waals surface area contributed by atoms with Crippen molar-refractivity contribution < 1.29 is 27.4 Å². The second-order valence-corrected chi connectivity index (χ2v) is 9.05. The van der Waals surface area contributed by atoms with Gasteiger partial charge in [0.1, 0.15) is 11.6 Å². The number of halogens is 4. The van der Waals surface area contributed by atoms with Crippen LogP contribution in [0.4, 0.5) is 23.2 Å². The monoisotopic (exact) mass is 460 g/mol. The molecule has 0 aliphatic carbocycles. The summed E-state index contributed by atoms with van der Waals surface area (Å²) in [6, 6.07) is 9.23. The quantitative estimate of drug-likeness (QED) is 0.376. The van der Waals surface area contributed by atoms with Gasteiger partial charge < -0.3 is 9.84 Å². The van der Waals surface area contributed by atoms with Gasteiger partial charge in [0.25, 0.3) is 0 Å². The van der Waals surface area contributed by atoms with Crippen LogP contribution in [0.3, 0.4) is 0 Å². The number of fused-ring (bicyclic) bond motifs is 2. The van der Waals surface area contributed by atoms with Gasteiger partial charge in [-0.15, -0.1) is 0 Å². The van der Waals surface area contributed by atoms with Crippen molar-refractivity contribution in [1.29, 1.82) is 0 Å².